The van der Waals surface area contributed by atoms with Crippen LogP contribution in [0.4, 0.5) is 23.7 Å². The molecule has 1 aliphatic heterocycles. The number of amides is 2. The van der Waals surface area contributed by atoms with E-state index in [2.05, 4.69) is 5.32 Å². The number of anilines is 1. The number of benzene rings is 1. The molecule has 4 nitrogen and oxygen atoms in total. The van der Waals surface area contributed by atoms with Gasteiger partial charge in [0.2, 0.25) is 0 Å². The predicted octanol–water partition coefficient (Wildman–Crippen LogP) is 2.66. The first kappa shape index (κ1) is 14.6. The van der Waals surface area contributed by atoms with Crippen molar-refractivity contribution in [1.82, 2.24) is 4.90 Å². The van der Waals surface area contributed by atoms with Crippen molar-refractivity contribution in [3.8, 4) is 0 Å². The molecule has 0 radical (unpaired) electrons. The lowest BCUT2D eigenvalue weighted by atomic mass is 9.89. The summed E-state index contributed by atoms with van der Waals surface area (Å²) in [4.78, 5) is 13.3. The highest BCUT2D eigenvalue weighted by atomic mass is 19.4. The van der Waals surface area contributed by atoms with Crippen molar-refractivity contribution in [2.24, 2.45) is 5.73 Å². The predicted molar refractivity (Wildman–Crippen MR) is 69.2 cm³/mol. The lowest BCUT2D eigenvalue weighted by molar-refractivity contribution is -0.137. The van der Waals surface area contributed by atoms with Crippen LogP contribution in [0.2, 0.25) is 0 Å². The number of nitrogens with two attached hydrogens (primary N) is 1. The van der Waals surface area contributed by atoms with Gasteiger partial charge in [-0.1, -0.05) is 13.0 Å². The first-order valence-electron chi connectivity index (χ1n) is 6.25. The lowest BCUT2D eigenvalue weighted by Gasteiger charge is -2.47. The summed E-state index contributed by atoms with van der Waals surface area (Å²) in [5.41, 5.74) is 4.89. The average molecular weight is 287 g/mol. The molecule has 0 saturated carbocycles. The van der Waals surface area contributed by atoms with Gasteiger partial charge < -0.3 is 16.0 Å². The molecule has 0 unspecified atom stereocenters. The van der Waals surface area contributed by atoms with Gasteiger partial charge in [-0.3, -0.25) is 0 Å². The first-order valence-corrected chi connectivity index (χ1v) is 6.25. The van der Waals surface area contributed by atoms with Gasteiger partial charge in [-0.25, -0.2) is 4.79 Å². The molecular weight excluding hydrogens is 271 g/mol. The van der Waals surface area contributed by atoms with E-state index in [-0.39, 0.29) is 11.2 Å². The minimum Gasteiger partial charge on any atom is -0.322 e. The van der Waals surface area contributed by atoms with Crippen LogP contribution < -0.4 is 11.1 Å². The molecule has 2 amide bonds. The van der Waals surface area contributed by atoms with Gasteiger partial charge in [-0.15, -0.1) is 0 Å². The number of likely N-dealkylation sites (tertiary alicyclic amines) is 1. The van der Waals surface area contributed by atoms with Gasteiger partial charge in [0, 0.05) is 18.8 Å². The second-order valence-electron chi connectivity index (χ2n) is 5.08. The summed E-state index contributed by atoms with van der Waals surface area (Å²) in [5, 5.41) is 2.45. The van der Waals surface area contributed by atoms with E-state index in [1.165, 1.54) is 17.0 Å². The van der Waals surface area contributed by atoms with E-state index >= 15 is 0 Å². The highest BCUT2D eigenvalue weighted by molar-refractivity contribution is 5.90. The zero-order chi connectivity index (χ0) is 15.0. The van der Waals surface area contributed by atoms with Crippen LogP contribution >= 0.6 is 0 Å². The molecule has 1 aromatic carbocycles. The van der Waals surface area contributed by atoms with Gasteiger partial charge in [0.25, 0.3) is 0 Å². The van der Waals surface area contributed by atoms with E-state index in [4.69, 9.17) is 5.73 Å². The minimum atomic E-state index is -4.42. The van der Waals surface area contributed by atoms with Crippen LogP contribution in [-0.2, 0) is 6.18 Å². The number of nitrogens with one attached hydrogen (secondary N) is 1. The van der Waals surface area contributed by atoms with Crippen LogP contribution in [-0.4, -0.2) is 29.6 Å². The van der Waals surface area contributed by atoms with Gasteiger partial charge in [0.05, 0.1) is 11.1 Å². The van der Waals surface area contributed by atoms with Crippen LogP contribution in [0.3, 0.4) is 0 Å². The van der Waals surface area contributed by atoms with E-state index in [9.17, 15) is 18.0 Å². The molecule has 0 spiro atoms. The topological polar surface area (TPSA) is 58.4 Å². The maximum absolute atomic E-state index is 12.5. The fourth-order valence-corrected chi connectivity index (χ4v) is 2.06. The summed E-state index contributed by atoms with van der Waals surface area (Å²) in [6.45, 7) is 2.75. The number of rotatable bonds is 2. The normalized spacial score (nSPS) is 17.6. The molecule has 2 rings (SSSR count). The summed E-state index contributed by atoms with van der Waals surface area (Å²) >= 11 is 0. The zero-order valence-corrected chi connectivity index (χ0v) is 11.0. The Hall–Kier alpha value is -1.76. The lowest BCUT2D eigenvalue weighted by Crippen LogP contribution is -2.68. The van der Waals surface area contributed by atoms with Gasteiger partial charge in [0.15, 0.2) is 0 Å². The molecule has 1 aromatic rings. The molecule has 3 N–H and O–H groups in total. The van der Waals surface area contributed by atoms with E-state index < -0.39 is 17.8 Å². The summed E-state index contributed by atoms with van der Waals surface area (Å²) in [6, 6.07) is 4.11. The fraction of sp³-hybridized carbons (Fsp3) is 0.462. The maximum atomic E-state index is 12.5. The second kappa shape index (κ2) is 4.97. The molecule has 20 heavy (non-hydrogen) atoms. The van der Waals surface area contributed by atoms with Gasteiger partial charge >= 0.3 is 12.2 Å². The third-order valence-corrected chi connectivity index (χ3v) is 3.44. The highest BCUT2D eigenvalue weighted by Gasteiger charge is 2.40. The van der Waals surface area contributed by atoms with Crippen molar-refractivity contribution in [3.05, 3.63) is 29.8 Å². The fourth-order valence-electron chi connectivity index (χ4n) is 2.06. The summed E-state index contributed by atoms with van der Waals surface area (Å²) in [5.74, 6) is 0. The number of urea groups is 1. The second-order valence-corrected chi connectivity index (χ2v) is 5.08. The average Bonchev–Trinajstić information content (AvgIpc) is 2.34. The molecule has 0 aliphatic carbocycles. The molecular formula is C13H16F3N3O. The molecule has 1 aliphatic rings. The van der Waals surface area contributed by atoms with Crippen molar-refractivity contribution in [1.29, 1.82) is 0 Å². The Morgan fingerprint density at radius 3 is 2.65 bits per heavy atom. The Morgan fingerprint density at radius 2 is 2.10 bits per heavy atom. The molecule has 1 heterocycles. The van der Waals surface area contributed by atoms with Crippen LogP contribution in [0.15, 0.2) is 24.3 Å². The largest absolute Gasteiger partial charge is 0.416 e. The maximum Gasteiger partial charge on any atom is 0.416 e. The van der Waals surface area contributed by atoms with Crippen LogP contribution in [0.1, 0.15) is 18.9 Å². The van der Waals surface area contributed by atoms with Crippen molar-refractivity contribution >= 4 is 11.7 Å². The minimum absolute atomic E-state index is 0.121. The molecule has 0 aromatic heterocycles. The number of halogens is 3. The Balaban J connectivity index is 1.99. The number of hydrogen-bond donors (Lipinski definition) is 2. The van der Waals surface area contributed by atoms with Crippen molar-refractivity contribution in [2.45, 2.75) is 25.1 Å². The van der Waals surface area contributed by atoms with E-state index in [0.29, 0.717) is 13.1 Å². The van der Waals surface area contributed by atoms with E-state index in [1.807, 2.05) is 6.92 Å². The van der Waals surface area contributed by atoms with Crippen LogP contribution in [0, 0.1) is 0 Å². The van der Waals surface area contributed by atoms with Crippen molar-refractivity contribution < 1.29 is 18.0 Å². The molecule has 1 saturated heterocycles. The summed E-state index contributed by atoms with van der Waals surface area (Å²) < 4.78 is 37.6. The molecule has 110 valence electrons. The Morgan fingerprint density at radius 1 is 1.45 bits per heavy atom. The molecule has 7 heteroatoms. The number of nitrogens with zero attached hydrogens (tertiary/aromatic N) is 1. The van der Waals surface area contributed by atoms with Gasteiger partial charge in [0.1, 0.15) is 0 Å². The third kappa shape index (κ3) is 3.04. The molecule has 1 fully saturated rings. The van der Waals surface area contributed by atoms with E-state index in [0.717, 1.165) is 18.6 Å². The Labute approximate surface area is 114 Å². The molecule has 0 atom stereocenters. The van der Waals surface area contributed by atoms with Gasteiger partial charge in [-0.2, -0.15) is 13.2 Å². The molecule has 0 bridgehead atoms. The SMILES string of the molecule is CCC1(N)CN(C(=O)Nc2cccc(C(F)(F)F)c2)C1. The standard InChI is InChI=1S/C13H16F3N3O/c1-2-12(17)7-19(8-12)11(20)18-10-5-3-4-9(6-10)13(14,15)16/h3-6H,2,7-8,17H2,1H3,(H,18,20). The van der Waals surface area contributed by atoms with Crippen molar-refractivity contribution in [3.63, 3.8) is 0 Å². The zero-order valence-electron chi connectivity index (χ0n) is 11.0. The van der Waals surface area contributed by atoms with E-state index in [1.54, 1.807) is 0 Å². The highest BCUT2D eigenvalue weighted by Crippen LogP contribution is 2.31. The van der Waals surface area contributed by atoms with Crippen molar-refractivity contribution in [2.75, 3.05) is 18.4 Å². The van der Waals surface area contributed by atoms with Gasteiger partial charge in [-0.05, 0) is 24.6 Å². The number of hydrogen-bond acceptors (Lipinski definition) is 2. The number of alkyl halides is 3. The number of carbonyl (C=O) groups excluding carboxylic acids is 1. The van der Waals surface area contributed by atoms with Crippen LogP contribution in [0.5, 0.6) is 0 Å². The smallest absolute Gasteiger partial charge is 0.322 e. The number of carbonyl (C=O) groups is 1. The summed E-state index contributed by atoms with van der Waals surface area (Å²) in [7, 11) is 0. The quantitative estimate of drug-likeness (QED) is 0.878. The monoisotopic (exact) mass is 287 g/mol. The van der Waals surface area contributed by atoms with Crippen LogP contribution in [0.25, 0.3) is 0 Å². The Bertz CT molecular complexity index is 510. The third-order valence-electron chi connectivity index (χ3n) is 3.44. The first-order chi connectivity index (χ1) is 9.23. The Kier molecular flexibility index (Phi) is 3.64. The summed E-state index contributed by atoms with van der Waals surface area (Å²) in [6.07, 6.45) is -3.67.